The SMILES string of the molecule is COc1c(Nc2cc(NC(=O)C3CC3)ncc2C(N)=O)cccc1-c1cnn([C@@H]2COC[C@@H]2F)c1. The first-order chi connectivity index (χ1) is 16.9. The van der Waals surface area contributed by atoms with Crippen LogP contribution in [0.4, 0.5) is 21.6 Å². The Bertz CT molecular complexity index is 1270. The molecule has 1 aliphatic carbocycles. The van der Waals surface area contributed by atoms with Crippen molar-refractivity contribution in [2.75, 3.05) is 31.0 Å². The molecule has 35 heavy (non-hydrogen) atoms. The van der Waals surface area contributed by atoms with Gasteiger partial charge in [0, 0.05) is 35.5 Å². The van der Waals surface area contributed by atoms with Crippen molar-refractivity contribution in [3.05, 3.63) is 48.4 Å². The number of hydrogen-bond acceptors (Lipinski definition) is 7. The molecule has 4 N–H and O–H groups in total. The number of rotatable bonds is 8. The van der Waals surface area contributed by atoms with E-state index in [1.165, 1.54) is 13.3 Å². The lowest BCUT2D eigenvalue weighted by molar-refractivity contribution is -0.117. The summed E-state index contributed by atoms with van der Waals surface area (Å²) in [5.74, 6) is 0.0314. The monoisotopic (exact) mass is 480 g/mol. The van der Waals surface area contributed by atoms with Gasteiger partial charge in [-0.1, -0.05) is 12.1 Å². The van der Waals surface area contributed by atoms with Crippen molar-refractivity contribution in [1.82, 2.24) is 14.8 Å². The predicted molar refractivity (Wildman–Crippen MR) is 126 cm³/mol. The van der Waals surface area contributed by atoms with Crippen molar-refractivity contribution in [3.63, 3.8) is 0 Å². The van der Waals surface area contributed by atoms with E-state index in [2.05, 4.69) is 20.7 Å². The predicted octanol–water partition coefficient (Wildman–Crippen LogP) is 3.05. The van der Waals surface area contributed by atoms with Crippen LogP contribution in [0.1, 0.15) is 29.2 Å². The molecule has 2 fully saturated rings. The van der Waals surface area contributed by atoms with Gasteiger partial charge in [-0.25, -0.2) is 9.37 Å². The third kappa shape index (κ3) is 4.67. The van der Waals surface area contributed by atoms with E-state index in [0.29, 0.717) is 22.9 Å². The van der Waals surface area contributed by atoms with Gasteiger partial charge in [0.25, 0.3) is 5.91 Å². The number of ether oxygens (including phenoxy) is 2. The lowest BCUT2D eigenvalue weighted by Crippen LogP contribution is -2.18. The number of amides is 2. The molecule has 0 bridgehead atoms. The van der Waals surface area contributed by atoms with Crippen molar-refractivity contribution in [2.45, 2.75) is 25.1 Å². The number of hydrogen-bond donors (Lipinski definition) is 3. The van der Waals surface area contributed by atoms with E-state index >= 15 is 0 Å². The summed E-state index contributed by atoms with van der Waals surface area (Å²) < 4.78 is 26.6. The summed E-state index contributed by atoms with van der Waals surface area (Å²) >= 11 is 0. The average molecular weight is 481 g/mol. The number of carbonyl (C=O) groups is 2. The fourth-order valence-corrected chi connectivity index (χ4v) is 4.04. The molecule has 2 aromatic heterocycles. The standard InChI is InChI=1S/C24H25FN6O4/c1-34-22-15(14-8-28-31(10-14)20-12-35-11-17(20)25)3-2-4-18(22)29-19-7-21(27-9-16(19)23(26)32)30-24(33)13-5-6-13/h2-4,7-10,13,17,20H,5-6,11-12H2,1H3,(H2,26,32)(H2,27,29,30,33)/t17-,20+/m0/s1. The van der Waals surface area contributed by atoms with Gasteiger partial charge in [0.1, 0.15) is 23.8 Å². The maximum atomic E-state index is 14.1. The molecule has 182 valence electrons. The summed E-state index contributed by atoms with van der Waals surface area (Å²) in [6, 6.07) is 6.53. The number of methoxy groups -OCH3 is 1. The van der Waals surface area contributed by atoms with Crippen LogP contribution in [-0.2, 0) is 9.53 Å². The van der Waals surface area contributed by atoms with E-state index in [-0.39, 0.29) is 30.6 Å². The van der Waals surface area contributed by atoms with Crippen LogP contribution >= 0.6 is 0 Å². The van der Waals surface area contributed by atoms with Gasteiger partial charge < -0.3 is 25.8 Å². The van der Waals surface area contributed by atoms with Crippen LogP contribution in [0.25, 0.3) is 11.1 Å². The molecule has 1 aliphatic heterocycles. The molecule has 3 heterocycles. The average Bonchev–Trinajstić information content (AvgIpc) is 3.44. The van der Waals surface area contributed by atoms with E-state index in [1.807, 2.05) is 12.1 Å². The van der Waals surface area contributed by atoms with Crippen molar-refractivity contribution in [1.29, 1.82) is 0 Å². The fourth-order valence-electron chi connectivity index (χ4n) is 4.04. The molecule has 1 aromatic carbocycles. The van der Waals surface area contributed by atoms with Gasteiger partial charge in [0.15, 0.2) is 0 Å². The highest BCUT2D eigenvalue weighted by Gasteiger charge is 2.31. The number of nitrogens with one attached hydrogen (secondary N) is 2. The zero-order valence-corrected chi connectivity index (χ0v) is 19.0. The lowest BCUT2D eigenvalue weighted by atomic mass is 10.1. The summed E-state index contributed by atoms with van der Waals surface area (Å²) in [6.07, 6.45) is 5.31. The summed E-state index contributed by atoms with van der Waals surface area (Å²) in [5.41, 5.74) is 8.08. The minimum atomic E-state index is -1.12. The quantitative estimate of drug-likeness (QED) is 0.451. The van der Waals surface area contributed by atoms with Gasteiger partial charge in [-0.3, -0.25) is 14.3 Å². The van der Waals surface area contributed by atoms with Crippen molar-refractivity contribution < 1.29 is 23.5 Å². The van der Waals surface area contributed by atoms with Crippen LogP contribution in [0.15, 0.2) is 42.9 Å². The Hall–Kier alpha value is -3.99. The molecule has 0 unspecified atom stereocenters. The first-order valence-corrected chi connectivity index (χ1v) is 11.3. The molecule has 11 heteroatoms. The molecule has 3 aromatic rings. The number of carbonyl (C=O) groups excluding carboxylic acids is 2. The molecule has 0 radical (unpaired) electrons. The Labute approximate surface area is 200 Å². The van der Waals surface area contributed by atoms with Crippen molar-refractivity contribution in [2.24, 2.45) is 11.7 Å². The van der Waals surface area contributed by atoms with E-state index in [1.54, 1.807) is 29.2 Å². The maximum Gasteiger partial charge on any atom is 0.252 e. The Morgan fingerprint density at radius 1 is 1.23 bits per heavy atom. The number of primary amides is 1. The molecule has 10 nitrogen and oxygen atoms in total. The second kappa shape index (κ2) is 9.34. The number of para-hydroxylation sites is 1. The minimum Gasteiger partial charge on any atom is -0.494 e. The highest BCUT2D eigenvalue weighted by Crippen LogP contribution is 2.39. The Morgan fingerprint density at radius 2 is 2.06 bits per heavy atom. The molecule has 0 spiro atoms. The second-order valence-corrected chi connectivity index (χ2v) is 8.58. The third-order valence-electron chi connectivity index (χ3n) is 6.09. The summed E-state index contributed by atoms with van der Waals surface area (Å²) in [5, 5.41) is 10.3. The Balaban J connectivity index is 1.46. The number of anilines is 3. The van der Waals surface area contributed by atoms with Crippen LogP contribution < -0.4 is 21.1 Å². The molecule has 2 aliphatic rings. The topological polar surface area (TPSA) is 133 Å². The largest absolute Gasteiger partial charge is 0.494 e. The number of alkyl halides is 1. The van der Waals surface area contributed by atoms with E-state index < -0.39 is 18.1 Å². The lowest BCUT2D eigenvalue weighted by Gasteiger charge is -2.17. The highest BCUT2D eigenvalue weighted by atomic mass is 19.1. The van der Waals surface area contributed by atoms with Crippen molar-refractivity contribution in [3.8, 4) is 16.9 Å². The number of nitrogens with zero attached hydrogens (tertiary/aromatic N) is 3. The van der Waals surface area contributed by atoms with Gasteiger partial charge in [-0.2, -0.15) is 5.10 Å². The van der Waals surface area contributed by atoms with Gasteiger partial charge >= 0.3 is 0 Å². The van der Waals surface area contributed by atoms with Gasteiger partial charge in [0.2, 0.25) is 5.91 Å². The summed E-state index contributed by atoms with van der Waals surface area (Å²) in [4.78, 5) is 28.3. The number of aromatic nitrogens is 3. The smallest absolute Gasteiger partial charge is 0.252 e. The zero-order chi connectivity index (χ0) is 24.5. The zero-order valence-electron chi connectivity index (χ0n) is 19.0. The molecule has 1 saturated carbocycles. The van der Waals surface area contributed by atoms with Crippen molar-refractivity contribution >= 4 is 29.0 Å². The highest BCUT2D eigenvalue weighted by molar-refractivity contribution is 6.01. The number of nitrogens with two attached hydrogens (primary N) is 1. The van der Waals surface area contributed by atoms with E-state index in [0.717, 1.165) is 24.0 Å². The second-order valence-electron chi connectivity index (χ2n) is 8.58. The normalized spacial score (nSPS) is 19.4. The summed E-state index contributed by atoms with van der Waals surface area (Å²) in [6.45, 7) is 0.318. The van der Waals surface area contributed by atoms with Crippen LogP contribution in [-0.4, -0.2) is 53.1 Å². The van der Waals surface area contributed by atoms with Crippen LogP contribution in [0.5, 0.6) is 5.75 Å². The first kappa shape index (κ1) is 22.8. The van der Waals surface area contributed by atoms with Gasteiger partial charge in [-0.05, 0) is 18.9 Å². The third-order valence-corrected chi connectivity index (χ3v) is 6.09. The van der Waals surface area contributed by atoms with Crippen LogP contribution in [0.3, 0.4) is 0 Å². The van der Waals surface area contributed by atoms with Gasteiger partial charge in [0.05, 0.1) is 43.5 Å². The summed E-state index contributed by atoms with van der Waals surface area (Å²) in [7, 11) is 1.53. The maximum absolute atomic E-state index is 14.1. The van der Waals surface area contributed by atoms with E-state index in [9.17, 15) is 14.0 Å². The Morgan fingerprint density at radius 3 is 2.74 bits per heavy atom. The molecule has 1 saturated heterocycles. The molecular formula is C24H25FN6O4. The van der Waals surface area contributed by atoms with Crippen LogP contribution in [0.2, 0.25) is 0 Å². The van der Waals surface area contributed by atoms with E-state index in [4.69, 9.17) is 15.2 Å². The van der Waals surface area contributed by atoms with Crippen LogP contribution in [0, 0.1) is 5.92 Å². The molecule has 2 amide bonds. The number of halogens is 1. The Kier molecular flexibility index (Phi) is 6.08. The minimum absolute atomic E-state index is 0.00480. The number of benzene rings is 1. The molecular weight excluding hydrogens is 455 g/mol. The van der Waals surface area contributed by atoms with Gasteiger partial charge in [-0.15, -0.1) is 0 Å². The first-order valence-electron chi connectivity index (χ1n) is 11.3. The fraction of sp³-hybridized carbons (Fsp3) is 0.333. The molecule has 2 atom stereocenters. The number of pyridine rings is 1. The molecule has 5 rings (SSSR count).